The number of amides is 1. The fourth-order valence-corrected chi connectivity index (χ4v) is 2.23. The fraction of sp³-hybridized carbons (Fsp3) is 0.429. The Bertz CT molecular complexity index is 498. The zero-order chi connectivity index (χ0) is 14.0. The van der Waals surface area contributed by atoms with Crippen LogP contribution in [0.1, 0.15) is 25.0 Å². The Labute approximate surface area is 111 Å². The lowest BCUT2D eigenvalue weighted by molar-refractivity contribution is -0.145. The smallest absolute Gasteiger partial charge is 0.311 e. The number of ether oxygens (including phenoxy) is 1. The number of aliphatic hydroxyl groups is 1. The lowest BCUT2D eigenvalue weighted by atomic mass is 10.1. The van der Waals surface area contributed by atoms with Gasteiger partial charge < -0.3 is 14.7 Å². The summed E-state index contributed by atoms with van der Waals surface area (Å²) < 4.78 is 4.67. The number of methoxy groups -OCH3 is 1. The van der Waals surface area contributed by atoms with Crippen molar-refractivity contribution in [2.45, 2.75) is 19.4 Å². The highest BCUT2D eigenvalue weighted by Crippen LogP contribution is 2.27. The van der Waals surface area contributed by atoms with E-state index in [0.29, 0.717) is 12.2 Å². The highest BCUT2D eigenvalue weighted by atomic mass is 16.5. The van der Waals surface area contributed by atoms with Crippen molar-refractivity contribution in [2.75, 3.05) is 18.6 Å². The second-order valence-electron chi connectivity index (χ2n) is 4.70. The van der Waals surface area contributed by atoms with Gasteiger partial charge in [0.2, 0.25) is 5.91 Å². The van der Waals surface area contributed by atoms with Gasteiger partial charge in [0.05, 0.1) is 19.1 Å². The van der Waals surface area contributed by atoms with Crippen LogP contribution in [-0.4, -0.2) is 30.6 Å². The maximum atomic E-state index is 11.9. The molecule has 1 amide bonds. The molecule has 0 saturated carbocycles. The molecule has 0 aliphatic carbocycles. The van der Waals surface area contributed by atoms with Gasteiger partial charge in [0, 0.05) is 18.7 Å². The molecule has 2 atom stereocenters. The van der Waals surface area contributed by atoms with Crippen LogP contribution in [0.3, 0.4) is 0 Å². The molecule has 102 valence electrons. The quantitative estimate of drug-likeness (QED) is 0.834. The molecule has 1 aromatic carbocycles. The maximum absolute atomic E-state index is 11.9. The molecule has 0 bridgehead atoms. The predicted octanol–water partition coefficient (Wildman–Crippen LogP) is 1.27. The van der Waals surface area contributed by atoms with Gasteiger partial charge in [0.25, 0.3) is 0 Å². The zero-order valence-electron chi connectivity index (χ0n) is 11.0. The lowest BCUT2D eigenvalue weighted by Crippen LogP contribution is -2.26. The molecular weight excluding hydrogens is 246 g/mol. The number of hydrogen-bond acceptors (Lipinski definition) is 4. The first-order valence-electron chi connectivity index (χ1n) is 6.19. The number of benzene rings is 1. The minimum atomic E-state index is -0.589. The van der Waals surface area contributed by atoms with Gasteiger partial charge in [0.1, 0.15) is 0 Å². The molecule has 0 radical (unpaired) electrons. The number of rotatable bonds is 3. The number of esters is 1. The van der Waals surface area contributed by atoms with E-state index in [0.717, 1.165) is 5.56 Å². The zero-order valence-corrected chi connectivity index (χ0v) is 11.0. The third-order valence-electron chi connectivity index (χ3n) is 3.32. The van der Waals surface area contributed by atoms with Gasteiger partial charge in [-0.05, 0) is 24.6 Å². The van der Waals surface area contributed by atoms with Crippen LogP contribution >= 0.6 is 0 Å². The van der Waals surface area contributed by atoms with E-state index in [1.165, 1.54) is 7.11 Å². The summed E-state index contributed by atoms with van der Waals surface area (Å²) in [7, 11) is 1.32. The van der Waals surface area contributed by atoms with E-state index >= 15 is 0 Å². The molecule has 2 rings (SSSR count). The molecule has 1 aromatic rings. The molecule has 1 fully saturated rings. The van der Waals surface area contributed by atoms with Crippen LogP contribution in [0.25, 0.3) is 0 Å². The number of carbonyl (C=O) groups excluding carboxylic acids is 2. The highest BCUT2D eigenvalue weighted by Gasteiger charge is 2.35. The average molecular weight is 263 g/mol. The largest absolute Gasteiger partial charge is 0.469 e. The first kappa shape index (κ1) is 13.5. The van der Waals surface area contributed by atoms with E-state index in [1.54, 1.807) is 36.1 Å². The van der Waals surface area contributed by atoms with E-state index in [-0.39, 0.29) is 18.3 Å². The van der Waals surface area contributed by atoms with Gasteiger partial charge in [-0.2, -0.15) is 0 Å². The summed E-state index contributed by atoms with van der Waals surface area (Å²) in [5, 5.41) is 9.56. The van der Waals surface area contributed by atoms with Crippen molar-refractivity contribution in [3.63, 3.8) is 0 Å². The Hall–Kier alpha value is -1.88. The number of aliphatic hydroxyl groups excluding tert-OH is 1. The fourth-order valence-electron chi connectivity index (χ4n) is 2.23. The number of anilines is 1. The molecule has 1 N–H and O–H groups in total. The highest BCUT2D eigenvalue weighted by molar-refractivity contribution is 5.99. The lowest BCUT2D eigenvalue weighted by Gasteiger charge is -2.18. The van der Waals surface area contributed by atoms with Crippen molar-refractivity contribution in [2.24, 2.45) is 5.92 Å². The Balaban J connectivity index is 2.20. The first-order valence-corrected chi connectivity index (χ1v) is 6.19. The van der Waals surface area contributed by atoms with Crippen LogP contribution < -0.4 is 4.90 Å². The number of hydrogen-bond donors (Lipinski definition) is 1. The summed E-state index contributed by atoms with van der Waals surface area (Å²) >= 11 is 0. The normalized spacial score (nSPS) is 20.5. The molecule has 1 heterocycles. The van der Waals surface area contributed by atoms with Crippen molar-refractivity contribution < 1.29 is 19.4 Å². The van der Waals surface area contributed by atoms with Gasteiger partial charge in [-0.1, -0.05) is 12.1 Å². The summed E-state index contributed by atoms with van der Waals surface area (Å²) in [6.45, 7) is 2.00. The van der Waals surface area contributed by atoms with Crippen molar-refractivity contribution in [3.05, 3.63) is 29.8 Å². The monoisotopic (exact) mass is 263 g/mol. The Kier molecular flexibility index (Phi) is 3.85. The second-order valence-corrected chi connectivity index (χ2v) is 4.70. The van der Waals surface area contributed by atoms with E-state index < -0.39 is 12.0 Å². The van der Waals surface area contributed by atoms with Crippen LogP contribution in [0, 0.1) is 5.92 Å². The van der Waals surface area contributed by atoms with E-state index in [9.17, 15) is 14.7 Å². The van der Waals surface area contributed by atoms with Crippen molar-refractivity contribution >= 4 is 17.6 Å². The molecule has 1 aliphatic rings. The van der Waals surface area contributed by atoms with Gasteiger partial charge >= 0.3 is 5.97 Å². The Morgan fingerprint density at radius 2 is 2.26 bits per heavy atom. The molecule has 2 unspecified atom stereocenters. The Morgan fingerprint density at radius 3 is 2.89 bits per heavy atom. The Morgan fingerprint density at radius 1 is 1.53 bits per heavy atom. The molecule has 1 saturated heterocycles. The maximum Gasteiger partial charge on any atom is 0.311 e. The third-order valence-corrected chi connectivity index (χ3v) is 3.32. The molecule has 0 spiro atoms. The molecular formula is C14H17NO4. The van der Waals surface area contributed by atoms with Crippen LogP contribution in [0.15, 0.2) is 24.3 Å². The molecule has 1 aliphatic heterocycles. The molecule has 5 heteroatoms. The first-order chi connectivity index (χ1) is 9.02. The third kappa shape index (κ3) is 2.76. The summed E-state index contributed by atoms with van der Waals surface area (Å²) in [4.78, 5) is 25.0. The summed E-state index contributed by atoms with van der Waals surface area (Å²) in [5.74, 6) is -0.867. The topological polar surface area (TPSA) is 66.8 Å². The van der Waals surface area contributed by atoms with Crippen LogP contribution in [-0.2, 0) is 14.3 Å². The number of nitrogens with zero attached hydrogens (tertiary/aromatic N) is 1. The summed E-state index contributed by atoms with van der Waals surface area (Å²) in [6.07, 6.45) is -0.417. The van der Waals surface area contributed by atoms with Crippen LogP contribution in [0.4, 0.5) is 5.69 Å². The van der Waals surface area contributed by atoms with Crippen LogP contribution in [0.5, 0.6) is 0 Å². The minimum absolute atomic E-state index is 0.0989. The van der Waals surface area contributed by atoms with Gasteiger partial charge in [-0.25, -0.2) is 0 Å². The van der Waals surface area contributed by atoms with Crippen molar-refractivity contribution in [1.29, 1.82) is 0 Å². The van der Waals surface area contributed by atoms with E-state index in [2.05, 4.69) is 4.74 Å². The standard InChI is InChI=1S/C14H17NO4/c1-9(16)10-4-3-5-12(6-10)15-8-11(7-13(15)17)14(18)19-2/h3-6,9,11,16H,7-8H2,1-2H3. The van der Waals surface area contributed by atoms with Gasteiger partial charge in [-0.3, -0.25) is 9.59 Å². The molecule has 5 nitrogen and oxygen atoms in total. The average Bonchev–Trinajstić information content (AvgIpc) is 2.80. The SMILES string of the molecule is COC(=O)C1CC(=O)N(c2cccc(C(C)O)c2)C1. The minimum Gasteiger partial charge on any atom is -0.469 e. The summed E-state index contributed by atoms with van der Waals surface area (Å²) in [5.41, 5.74) is 1.45. The second kappa shape index (κ2) is 5.40. The number of carbonyl (C=O) groups is 2. The van der Waals surface area contributed by atoms with Crippen LogP contribution in [0.2, 0.25) is 0 Å². The van der Waals surface area contributed by atoms with E-state index in [4.69, 9.17) is 0 Å². The molecule has 0 aromatic heterocycles. The van der Waals surface area contributed by atoms with Crippen molar-refractivity contribution in [1.82, 2.24) is 0 Å². The van der Waals surface area contributed by atoms with Crippen molar-refractivity contribution in [3.8, 4) is 0 Å². The van der Waals surface area contributed by atoms with E-state index in [1.807, 2.05) is 0 Å². The summed E-state index contributed by atoms with van der Waals surface area (Å²) in [6, 6.07) is 7.15. The molecule has 19 heavy (non-hydrogen) atoms. The predicted molar refractivity (Wildman–Crippen MR) is 69.6 cm³/mol. The van der Waals surface area contributed by atoms with Gasteiger partial charge in [0.15, 0.2) is 0 Å². The van der Waals surface area contributed by atoms with Gasteiger partial charge in [-0.15, -0.1) is 0 Å².